The zero-order chi connectivity index (χ0) is 11.5. The standard InChI is InChI=1S/C11H17IN4/c1-9(2)15-5-7-16(8-6-15)11-4-3-10(12)13-14-11/h3-4,9H,5-8H2,1-2H3. The Kier molecular flexibility index (Phi) is 3.96. The molecule has 0 bridgehead atoms. The number of hydrogen-bond donors (Lipinski definition) is 0. The van der Waals surface area contributed by atoms with Gasteiger partial charge in [-0.3, -0.25) is 4.90 Å². The molecule has 1 aromatic heterocycles. The van der Waals surface area contributed by atoms with Crippen LogP contribution in [-0.4, -0.2) is 47.3 Å². The molecule has 0 radical (unpaired) electrons. The second kappa shape index (κ2) is 5.27. The van der Waals surface area contributed by atoms with E-state index in [4.69, 9.17) is 0 Å². The summed E-state index contributed by atoms with van der Waals surface area (Å²) < 4.78 is 0.946. The topological polar surface area (TPSA) is 32.3 Å². The van der Waals surface area contributed by atoms with Crippen molar-refractivity contribution in [2.75, 3.05) is 31.1 Å². The van der Waals surface area contributed by atoms with Gasteiger partial charge >= 0.3 is 0 Å². The second-order valence-corrected chi connectivity index (χ2v) is 5.44. The van der Waals surface area contributed by atoms with Crippen molar-refractivity contribution in [3.63, 3.8) is 0 Å². The van der Waals surface area contributed by atoms with Crippen molar-refractivity contribution in [3.8, 4) is 0 Å². The van der Waals surface area contributed by atoms with Crippen LogP contribution in [0.15, 0.2) is 12.1 Å². The van der Waals surface area contributed by atoms with Crippen molar-refractivity contribution in [1.29, 1.82) is 0 Å². The Balaban J connectivity index is 1.96. The highest BCUT2D eigenvalue weighted by Gasteiger charge is 2.19. The highest BCUT2D eigenvalue weighted by molar-refractivity contribution is 14.1. The van der Waals surface area contributed by atoms with Crippen LogP contribution >= 0.6 is 22.6 Å². The molecule has 1 aromatic rings. The van der Waals surface area contributed by atoms with Gasteiger partial charge in [-0.15, -0.1) is 10.2 Å². The summed E-state index contributed by atoms with van der Waals surface area (Å²) in [6.45, 7) is 8.83. The van der Waals surface area contributed by atoms with Gasteiger partial charge in [0.05, 0.1) is 0 Å². The van der Waals surface area contributed by atoms with E-state index in [9.17, 15) is 0 Å². The largest absolute Gasteiger partial charge is 0.353 e. The van der Waals surface area contributed by atoms with Crippen molar-refractivity contribution in [2.45, 2.75) is 19.9 Å². The van der Waals surface area contributed by atoms with Gasteiger partial charge < -0.3 is 4.90 Å². The van der Waals surface area contributed by atoms with Crippen molar-refractivity contribution < 1.29 is 0 Å². The van der Waals surface area contributed by atoms with Crippen LogP contribution in [-0.2, 0) is 0 Å². The molecule has 0 saturated carbocycles. The van der Waals surface area contributed by atoms with E-state index in [1.165, 1.54) is 0 Å². The summed E-state index contributed by atoms with van der Waals surface area (Å²) in [4.78, 5) is 4.80. The smallest absolute Gasteiger partial charge is 0.151 e. The van der Waals surface area contributed by atoms with Gasteiger partial charge in [0, 0.05) is 32.2 Å². The Labute approximate surface area is 110 Å². The van der Waals surface area contributed by atoms with Crippen molar-refractivity contribution >= 4 is 28.4 Å². The average Bonchev–Trinajstić information content (AvgIpc) is 2.30. The number of piperazine rings is 1. The Morgan fingerprint density at radius 2 is 1.81 bits per heavy atom. The Morgan fingerprint density at radius 1 is 1.12 bits per heavy atom. The SMILES string of the molecule is CC(C)N1CCN(c2ccc(I)nn2)CC1. The lowest BCUT2D eigenvalue weighted by atomic mass is 10.2. The molecule has 0 aliphatic carbocycles. The third kappa shape index (κ3) is 2.82. The van der Waals surface area contributed by atoms with Gasteiger partial charge in [0.15, 0.2) is 5.82 Å². The van der Waals surface area contributed by atoms with Crippen LogP contribution < -0.4 is 4.90 Å². The minimum atomic E-state index is 0.643. The zero-order valence-corrected chi connectivity index (χ0v) is 11.9. The molecule has 1 aliphatic rings. The van der Waals surface area contributed by atoms with Gasteiger partial charge in [-0.2, -0.15) is 0 Å². The molecule has 88 valence electrons. The number of hydrogen-bond acceptors (Lipinski definition) is 4. The fraction of sp³-hybridized carbons (Fsp3) is 0.636. The van der Waals surface area contributed by atoms with Crippen molar-refractivity contribution in [1.82, 2.24) is 15.1 Å². The maximum atomic E-state index is 4.22. The molecule has 0 amide bonds. The molecule has 1 saturated heterocycles. The first-order valence-corrected chi connectivity index (χ1v) is 6.73. The first-order chi connectivity index (χ1) is 7.66. The average molecular weight is 332 g/mol. The third-order valence-electron chi connectivity index (χ3n) is 2.99. The van der Waals surface area contributed by atoms with Crippen LogP contribution in [0.1, 0.15) is 13.8 Å². The van der Waals surface area contributed by atoms with Crippen molar-refractivity contribution in [2.24, 2.45) is 0 Å². The highest BCUT2D eigenvalue weighted by atomic mass is 127. The molecule has 0 spiro atoms. The quantitative estimate of drug-likeness (QED) is 0.771. The highest BCUT2D eigenvalue weighted by Crippen LogP contribution is 2.14. The van der Waals surface area contributed by atoms with E-state index in [0.717, 1.165) is 35.7 Å². The van der Waals surface area contributed by atoms with E-state index in [0.29, 0.717) is 6.04 Å². The lowest BCUT2D eigenvalue weighted by molar-refractivity contribution is 0.209. The van der Waals surface area contributed by atoms with Crippen LogP contribution in [0.4, 0.5) is 5.82 Å². The van der Waals surface area contributed by atoms with Gasteiger partial charge in [-0.25, -0.2) is 0 Å². The summed E-state index contributed by atoms with van der Waals surface area (Å²) in [5, 5.41) is 8.31. The molecule has 0 aromatic carbocycles. The fourth-order valence-corrected chi connectivity index (χ4v) is 2.23. The van der Waals surface area contributed by atoms with Gasteiger partial charge in [0.2, 0.25) is 0 Å². The minimum absolute atomic E-state index is 0.643. The number of nitrogens with zero attached hydrogens (tertiary/aromatic N) is 4. The number of aromatic nitrogens is 2. The van der Waals surface area contributed by atoms with Crippen LogP contribution in [0.3, 0.4) is 0 Å². The number of anilines is 1. The summed E-state index contributed by atoms with van der Waals surface area (Å²) in [5.74, 6) is 1.00. The van der Waals surface area contributed by atoms with Crippen LogP contribution in [0, 0.1) is 3.70 Å². The normalized spacial score (nSPS) is 18.1. The van der Waals surface area contributed by atoms with Crippen LogP contribution in [0.2, 0.25) is 0 Å². The van der Waals surface area contributed by atoms with Gasteiger partial charge in [-0.1, -0.05) is 0 Å². The predicted molar refractivity (Wildman–Crippen MR) is 73.7 cm³/mol. The lowest BCUT2D eigenvalue weighted by Crippen LogP contribution is -2.49. The number of halogens is 1. The van der Waals surface area contributed by atoms with Crippen molar-refractivity contribution in [3.05, 3.63) is 15.8 Å². The monoisotopic (exact) mass is 332 g/mol. The third-order valence-corrected chi connectivity index (χ3v) is 3.56. The predicted octanol–water partition coefficient (Wildman–Crippen LogP) is 1.61. The summed E-state index contributed by atoms with van der Waals surface area (Å²) in [6.07, 6.45) is 0. The van der Waals surface area contributed by atoms with Crippen LogP contribution in [0.5, 0.6) is 0 Å². The van der Waals surface area contributed by atoms with Gasteiger partial charge in [0.1, 0.15) is 3.70 Å². The summed E-state index contributed by atoms with van der Waals surface area (Å²) in [6, 6.07) is 4.71. The molecule has 1 aliphatic heterocycles. The summed E-state index contributed by atoms with van der Waals surface area (Å²) in [7, 11) is 0. The fourth-order valence-electron chi connectivity index (χ4n) is 1.95. The molecule has 4 nitrogen and oxygen atoms in total. The van der Waals surface area contributed by atoms with Gasteiger partial charge in [0.25, 0.3) is 0 Å². The minimum Gasteiger partial charge on any atom is -0.353 e. The molecule has 0 unspecified atom stereocenters. The first-order valence-electron chi connectivity index (χ1n) is 5.65. The molecule has 16 heavy (non-hydrogen) atoms. The van der Waals surface area contributed by atoms with Gasteiger partial charge in [-0.05, 0) is 48.6 Å². The Hall–Kier alpha value is -0.430. The molecular weight excluding hydrogens is 315 g/mol. The maximum Gasteiger partial charge on any atom is 0.151 e. The zero-order valence-electron chi connectivity index (χ0n) is 9.73. The number of rotatable bonds is 2. The van der Waals surface area contributed by atoms with E-state index in [1.54, 1.807) is 0 Å². The Morgan fingerprint density at radius 3 is 2.31 bits per heavy atom. The second-order valence-electron chi connectivity index (χ2n) is 4.33. The molecule has 0 atom stereocenters. The molecule has 2 heterocycles. The Bertz CT molecular complexity index is 330. The van der Waals surface area contributed by atoms with E-state index >= 15 is 0 Å². The van der Waals surface area contributed by atoms with Crippen LogP contribution in [0.25, 0.3) is 0 Å². The molecular formula is C11H17IN4. The molecule has 5 heteroatoms. The molecule has 1 fully saturated rings. The van der Waals surface area contributed by atoms with E-state index in [1.807, 2.05) is 6.07 Å². The van der Waals surface area contributed by atoms with E-state index in [-0.39, 0.29) is 0 Å². The van der Waals surface area contributed by atoms with E-state index in [2.05, 4.69) is 62.5 Å². The maximum absolute atomic E-state index is 4.22. The summed E-state index contributed by atoms with van der Waals surface area (Å²) in [5.41, 5.74) is 0. The van der Waals surface area contributed by atoms with E-state index < -0.39 is 0 Å². The molecule has 0 N–H and O–H groups in total. The lowest BCUT2D eigenvalue weighted by Gasteiger charge is -2.37. The summed E-state index contributed by atoms with van der Waals surface area (Å²) >= 11 is 2.18. The first kappa shape index (κ1) is 12.0. The molecule has 2 rings (SSSR count).